The molecule has 0 radical (unpaired) electrons. The van der Waals surface area contributed by atoms with Gasteiger partial charge in [0.1, 0.15) is 6.23 Å². The first-order chi connectivity index (χ1) is 3.83. The minimum absolute atomic E-state index is 0.00463. The topological polar surface area (TPSA) is 55.5 Å². The number of hydrogen-bond donors (Lipinski definition) is 2. The van der Waals surface area contributed by atoms with E-state index in [0.717, 1.165) is 12.8 Å². The Balaban J connectivity index is 2.22. The number of rotatable bonds is 1. The van der Waals surface area contributed by atoms with Crippen LogP contribution in [-0.2, 0) is 4.74 Å². The Morgan fingerprint density at radius 3 is 2.62 bits per heavy atom. The summed E-state index contributed by atoms with van der Waals surface area (Å²) in [4.78, 5) is 0. The summed E-state index contributed by atoms with van der Waals surface area (Å²) in [6.07, 6.45) is 1.65. The summed E-state index contributed by atoms with van der Waals surface area (Å²) in [5, 5.41) is 8.50. The Bertz CT molecular complexity index is 76.8. The van der Waals surface area contributed by atoms with Crippen molar-refractivity contribution in [2.45, 2.75) is 25.2 Å². The average Bonchev–Trinajstić information content (AvgIpc) is 2.14. The molecule has 1 rings (SSSR count). The maximum atomic E-state index is 8.50. The molecule has 3 heteroatoms. The summed E-state index contributed by atoms with van der Waals surface area (Å²) in [6, 6.07) is 0. The van der Waals surface area contributed by atoms with Crippen molar-refractivity contribution >= 4 is 0 Å². The van der Waals surface area contributed by atoms with E-state index in [1.54, 1.807) is 0 Å². The third-order valence-corrected chi connectivity index (χ3v) is 1.34. The van der Waals surface area contributed by atoms with Gasteiger partial charge in [0, 0.05) is 0 Å². The lowest BCUT2D eigenvalue weighted by Gasteiger charge is -2.04. The highest BCUT2D eigenvalue weighted by Gasteiger charge is 2.20. The van der Waals surface area contributed by atoms with Crippen LogP contribution in [0.3, 0.4) is 0 Å². The van der Waals surface area contributed by atoms with Crippen LogP contribution in [0.1, 0.15) is 12.8 Å². The van der Waals surface area contributed by atoms with Crippen LogP contribution < -0.4 is 5.73 Å². The maximum Gasteiger partial charge on any atom is 0.106 e. The van der Waals surface area contributed by atoms with E-state index >= 15 is 0 Å². The normalized spacial score (nSPS) is 38.2. The minimum Gasteiger partial charge on any atom is -0.394 e. The second-order valence-corrected chi connectivity index (χ2v) is 2.06. The standard InChI is InChI=1S/C5H11NO2/c6-5-2-1-4(3-7)8-5/h4-5,7H,1-3,6H2. The predicted molar refractivity (Wildman–Crippen MR) is 29.2 cm³/mol. The summed E-state index contributed by atoms with van der Waals surface area (Å²) in [7, 11) is 0. The van der Waals surface area contributed by atoms with Gasteiger partial charge in [0.2, 0.25) is 0 Å². The van der Waals surface area contributed by atoms with Gasteiger partial charge < -0.3 is 15.6 Å². The third-order valence-electron chi connectivity index (χ3n) is 1.34. The molecule has 2 atom stereocenters. The van der Waals surface area contributed by atoms with Crippen molar-refractivity contribution in [2.24, 2.45) is 5.73 Å². The highest BCUT2D eigenvalue weighted by atomic mass is 16.5. The fourth-order valence-corrected chi connectivity index (χ4v) is 0.868. The second-order valence-electron chi connectivity index (χ2n) is 2.06. The van der Waals surface area contributed by atoms with Crippen molar-refractivity contribution in [1.82, 2.24) is 0 Å². The largest absolute Gasteiger partial charge is 0.394 e. The monoisotopic (exact) mass is 117 g/mol. The summed E-state index contributed by atoms with van der Waals surface area (Å²) in [6.45, 7) is 0.105. The zero-order valence-electron chi connectivity index (χ0n) is 4.71. The Labute approximate surface area is 48.4 Å². The molecule has 0 aromatic carbocycles. The summed E-state index contributed by atoms with van der Waals surface area (Å²) >= 11 is 0. The third kappa shape index (κ3) is 1.18. The van der Waals surface area contributed by atoms with Crippen molar-refractivity contribution in [3.63, 3.8) is 0 Å². The molecule has 48 valence electrons. The van der Waals surface area contributed by atoms with Gasteiger partial charge in [-0.3, -0.25) is 0 Å². The molecule has 0 amide bonds. The Kier molecular flexibility index (Phi) is 1.83. The van der Waals surface area contributed by atoms with Gasteiger partial charge in [-0.2, -0.15) is 0 Å². The first-order valence-electron chi connectivity index (χ1n) is 2.85. The van der Waals surface area contributed by atoms with Crippen LogP contribution >= 0.6 is 0 Å². The summed E-state index contributed by atoms with van der Waals surface area (Å²) < 4.78 is 5.04. The molecule has 1 saturated heterocycles. The van der Waals surface area contributed by atoms with E-state index in [9.17, 15) is 0 Å². The molecule has 0 spiro atoms. The van der Waals surface area contributed by atoms with Gasteiger partial charge in [0.15, 0.2) is 0 Å². The van der Waals surface area contributed by atoms with Gasteiger partial charge in [-0.1, -0.05) is 0 Å². The minimum atomic E-state index is -0.132. The summed E-state index contributed by atoms with van der Waals surface area (Å²) in [5.74, 6) is 0. The van der Waals surface area contributed by atoms with Crippen molar-refractivity contribution < 1.29 is 9.84 Å². The van der Waals surface area contributed by atoms with Crippen LogP contribution in [0.25, 0.3) is 0 Å². The average molecular weight is 117 g/mol. The van der Waals surface area contributed by atoms with Gasteiger partial charge in [0.25, 0.3) is 0 Å². The van der Waals surface area contributed by atoms with Gasteiger partial charge in [-0.15, -0.1) is 0 Å². The fourth-order valence-electron chi connectivity index (χ4n) is 0.868. The second kappa shape index (κ2) is 2.44. The number of aliphatic hydroxyl groups is 1. The van der Waals surface area contributed by atoms with Gasteiger partial charge in [-0.25, -0.2) is 0 Å². The van der Waals surface area contributed by atoms with E-state index in [2.05, 4.69) is 0 Å². The van der Waals surface area contributed by atoms with Crippen molar-refractivity contribution in [3.8, 4) is 0 Å². The van der Waals surface area contributed by atoms with E-state index in [-0.39, 0.29) is 18.9 Å². The maximum absolute atomic E-state index is 8.50. The highest BCUT2D eigenvalue weighted by molar-refractivity contribution is 4.67. The lowest BCUT2D eigenvalue weighted by atomic mass is 10.2. The quantitative estimate of drug-likeness (QED) is 0.484. The first-order valence-corrected chi connectivity index (χ1v) is 2.85. The lowest BCUT2D eigenvalue weighted by Crippen LogP contribution is -2.21. The molecule has 0 aromatic rings. The molecule has 3 nitrogen and oxygen atoms in total. The fraction of sp³-hybridized carbons (Fsp3) is 1.00. The number of nitrogens with two attached hydrogens (primary N) is 1. The van der Waals surface area contributed by atoms with Crippen LogP contribution in [0.5, 0.6) is 0 Å². The number of aliphatic hydroxyl groups excluding tert-OH is 1. The molecular formula is C5H11NO2. The van der Waals surface area contributed by atoms with E-state index < -0.39 is 0 Å². The van der Waals surface area contributed by atoms with E-state index in [1.165, 1.54) is 0 Å². The Hall–Kier alpha value is -0.120. The van der Waals surface area contributed by atoms with Gasteiger partial charge in [0.05, 0.1) is 12.7 Å². The molecule has 1 fully saturated rings. The first kappa shape index (κ1) is 6.01. The van der Waals surface area contributed by atoms with Crippen molar-refractivity contribution in [1.29, 1.82) is 0 Å². The van der Waals surface area contributed by atoms with Crippen LogP contribution in [-0.4, -0.2) is 24.0 Å². The molecule has 0 aromatic heterocycles. The molecule has 3 N–H and O–H groups in total. The summed E-state index contributed by atoms with van der Waals surface area (Å²) in [5.41, 5.74) is 5.37. The lowest BCUT2D eigenvalue weighted by molar-refractivity contribution is 0.0148. The zero-order valence-corrected chi connectivity index (χ0v) is 4.71. The molecule has 0 bridgehead atoms. The van der Waals surface area contributed by atoms with Crippen LogP contribution in [0.15, 0.2) is 0 Å². The van der Waals surface area contributed by atoms with Gasteiger partial charge in [-0.05, 0) is 12.8 Å². The highest BCUT2D eigenvalue weighted by Crippen LogP contribution is 2.14. The molecule has 0 saturated carbocycles. The number of hydrogen-bond acceptors (Lipinski definition) is 3. The number of ether oxygens (including phenoxy) is 1. The smallest absolute Gasteiger partial charge is 0.106 e. The van der Waals surface area contributed by atoms with Crippen molar-refractivity contribution in [3.05, 3.63) is 0 Å². The van der Waals surface area contributed by atoms with Crippen LogP contribution in [0.2, 0.25) is 0 Å². The Morgan fingerprint density at radius 1 is 1.62 bits per heavy atom. The van der Waals surface area contributed by atoms with E-state index in [0.29, 0.717) is 0 Å². The van der Waals surface area contributed by atoms with Crippen LogP contribution in [0, 0.1) is 0 Å². The SMILES string of the molecule is NC1CCC(CO)O1. The molecule has 1 aliphatic rings. The molecule has 8 heavy (non-hydrogen) atoms. The van der Waals surface area contributed by atoms with E-state index in [1.807, 2.05) is 0 Å². The Morgan fingerprint density at radius 2 is 2.38 bits per heavy atom. The van der Waals surface area contributed by atoms with Crippen molar-refractivity contribution in [2.75, 3.05) is 6.61 Å². The van der Waals surface area contributed by atoms with Gasteiger partial charge >= 0.3 is 0 Å². The zero-order chi connectivity index (χ0) is 5.98. The molecule has 1 heterocycles. The molecule has 2 unspecified atom stereocenters. The van der Waals surface area contributed by atoms with E-state index in [4.69, 9.17) is 15.6 Å². The van der Waals surface area contributed by atoms with Crippen LogP contribution in [0.4, 0.5) is 0 Å². The molecule has 0 aliphatic carbocycles. The molecule has 1 aliphatic heterocycles. The predicted octanol–water partition coefficient (Wildman–Crippen LogP) is -0.558. The molecular weight excluding hydrogens is 106 g/mol.